The lowest BCUT2D eigenvalue weighted by molar-refractivity contribution is -0.158. The minimum Gasteiger partial charge on any atom is -0.496 e. The monoisotopic (exact) mass is 236 g/mol. The molecule has 17 heavy (non-hydrogen) atoms. The molecule has 3 heteroatoms. The smallest absolute Gasteiger partial charge is 0.122 e. The molecule has 1 fully saturated rings. The van der Waals surface area contributed by atoms with Crippen LogP contribution in [0.4, 0.5) is 0 Å². The Kier molecular flexibility index (Phi) is 2.92. The van der Waals surface area contributed by atoms with Crippen molar-refractivity contribution in [1.82, 2.24) is 0 Å². The lowest BCUT2D eigenvalue weighted by atomic mass is 9.66. The summed E-state index contributed by atoms with van der Waals surface area (Å²) in [6, 6.07) is 6.05. The maximum Gasteiger partial charge on any atom is 0.122 e. The maximum atomic E-state index is 10.4. The Balaban J connectivity index is 2.54. The van der Waals surface area contributed by atoms with Crippen molar-refractivity contribution in [3.63, 3.8) is 0 Å². The molecule has 1 aliphatic rings. The van der Waals surface area contributed by atoms with Crippen molar-refractivity contribution in [2.24, 2.45) is 0 Å². The van der Waals surface area contributed by atoms with E-state index in [0.717, 1.165) is 16.9 Å². The van der Waals surface area contributed by atoms with Crippen LogP contribution in [-0.2, 0) is 10.2 Å². The first-order valence-corrected chi connectivity index (χ1v) is 5.86. The van der Waals surface area contributed by atoms with E-state index in [1.807, 2.05) is 32.9 Å². The molecule has 0 saturated carbocycles. The van der Waals surface area contributed by atoms with E-state index in [9.17, 15) is 5.11 Å². The first-order valence-electron chi connectivity index (χ1n) is 5.86. The van der Waals surface area contributed by atoms with Crippen LogP contribution in [0.5, 0.6) is 5.75 Å². The maximum absolute atomic E-state index is 10.4. The molecule has 1 aromatic rings. The highest BCUT2D eigenvalue weighted by atomic mass is 16.5. The average molecular weight is 236 g/mol. The van der Waals surface area contributed by atoms with Crippen LogP contribution < -0.4 is 4.74 Å². The number of methoxy groups -OCH3 is 1. The molecule has 2 rings (SSSR count). The lowest BCUT2D eigenvalue weighted by Gasteiger charge is -2.50. The third-order valence-corrected chi connectivity index (χ3v) is 3.74. The molecule has 0 atom stereocenters. The number of hydrogen-bond donors (Lipinski definition) is 1. The van der Waals surface area contributed by atoms with Gasteiger partial charge in [0.1, 0.15) is 5.75 Å². The number of ether oxygens (including phenoxy) is 2. The highest BCUT2D eigenvalue weighted by molar-refractivity contribution is 5.45. The van der Waals surface area contributed by atoms with Crippen LogP contribution in [0.2, 0.25) is 0 Å². The van der Waals surface area contributed by atoms with Gasteiger partial charge in [0.25, 0.3) is 0 Å². The standard InChI is InChI=1S/C14H20O3/c1-10-5-6-12(16-4)11(7-10)14(8-17-9-14)13(2,3)15/h5-7,15H,8-9H2,1-4H3. The van der Waals surface area contributed by atoms with Crippen molar-refractivity contribution in [3.05, 3.63) is 29.3 Å². The summed E-state index contributed by atoms with van der Waals surface area (Å²) in [5.41, 5.74) is 1.02. The summed E-state index contributed by atoms with van der Waals surface area (Å²) in [6.07, 6.45) is 0. The van der Waals surface area contributed by atoms with E-state index in [-0.39, 0.29) is 5.41 Å². The molecule has 0 bridgehead atoms. The van der Waals surface area contributed by atoms with Gasteiger partial charge in [0.15, 0.2) is 0 Å². The van der Waals surface area contributed by atoms with Gasteiger partial charge < -0.3 is 14.6 Å². The summed E-state index contributed by atoms with van der Waals surface area (Å²) >= 11 is 0. The molecule has 3 nitrogen and oxygen atoms in total. The predicted molar refractivity (Wildman–Crippen MR) is 66.5 cm³/mol. The van der Waals surface area contributed by atoms with Gasteiger partial charge in [0.2, 0.25) is 0 Å². The topological polar surface area (TPSA) is 38.7 Å². The number of aryl methyl sites for hydroxylation is 1. The molecule has 1 N–H and O–H groups in total. The minimum atomic E-state index is -0.827. The lowest BCUT2D eigenvalue weighted by Crippen LogP contribution is -2.60. The zero-order valence-corrected chi connectivity index (χ0v) is 10.9. The Labute approximate surface area is 102 Å². The van der Waals surface area contributed by atoms with Crippen LogP contribution in [-0.4, -0.2) is 31.0 Å². The number of rotatable bonds is 3. The Morgan fingerprint density at radius 1 is 1.35 bits per heavy atom. The van der Waals surface area contributed by atoms with Gasteiger partial charge in [-0.2, -0.15) is 0 Å². The molecule has 0 aliphatic carbocycles. The van der Waals surface area contributed by atoms with Gasteiger partial charge in [-0.25, -0.2) is 0 Å². The Hall–Kier alpha value is -1.06. The zero-order valence-electron chi connectivity index (χ0n) is 10.9. The first-order chi connectivity index (χ1) is 7.90. The van der Waals surface area contributed by atoms with E-state index in [4.69, 9.17) is 9.47 Å². The zero-order chi connectivity index (χ0) is 12.7. The van der Waals surface area contributed by atoms with E-state index in [2.05, 4.69) is 6.07 Å². The average Bonchev–Trinajstić information content (AvgIpc) is 2.14. The number of benzene rings is 1. The first kappa shape index (κ1) is 12.4. The fourth-order valence-electron chi connectivity index (χ4n) is 2.34. The van der Waals surface area contributed by atoms with Gasteiger partial charge in [-0.1, -0.05) is 17.7 Å². The van der Waals surface area contributed by atoms with Crippen molar-refractivity contribution in [2.75, 3.05) is 20.3 Å². The van der Waals surface area contributed by atoms with E-state index in [1.165, 1.54) is 0 Å². The van der Waals surface area contributed by atoms with Crippen molar-refractivity contribution in [3.8, 4) is 5.75 Å². The van der Waals surface area contributed by atoms with Crippen LogP contribution in [0.15, 0.2) is 18.2 Å². The van der Waals surface area contributed by atoms with Crippen LogP contribution in [0.3, 0.4) is 0 Å². The largest absolute Gasteiger partial charge is 0.496 e. The molecule has 1 aliphatic heterocycles. The summed E-state index contributed by atoms with van der Waals surface area (Å²) in [7, 11) is 1.66. The van der Waals surface area contributed by atoms with Crippen LogP contribution in [0.1, 0.15) is 25.0 Å². The normalized spacial score (nSPS) is 18.6. The summed E-state index contributed by atoms with van der Waals surface area (Å²) in [5, 5.41) is 10.4. The van der Waals surface area contributed by atoms with Crippen LogP contribution in [0.25, 0.3) is 0 Å². The van der Waals surface area contributed by atoms with E-state index in [0.29, 0.717) is 13.2 Å². The minimum absolute atomic E-state index is 0.357. The number of aliphatic hydroxyl groups is 1. The van der Waals surface area contributed by atoms with Gasteiger partial charge in [0, 0.05) is 5.56 Å². The van der Waals surface area contributed by atoms with Gasteiger partial charge >= 0.3 is 0 Å². The molecule has 94 valence electrons. The quantitative estimate of drug-likeness (QED) is 0.873. The third kappa shape index (κ3) is 1.83. The van der Waals surface area contributed by atoms with Gasteiger partial charge in [-0.3, -0.25) is 0 Å². The predicted octanol–water partition coefficient (Wildman–Crippen LogP) is 2.04. The molecule has 1 aromatic carbocycles. The van der Waals surface area contributed by atoms with E-state index < -0.39 is 5.60 Å². The van der Waals surface area contributed by atoms with Gasteiger partial charge in [-0.05, 0) is 26.8 Å². The summed E-state index contributed by atoms with van der Waals surface area (Å²) in [4.78, 5) is 0. The molecule has 0 spiro atoms. The van der Waals surface area contributed by atoms with Crippen LogP contribution in [0, 0.1) is 6.92 Å². The highest BCUT2D eigenvalue weighted by Crippen LogP contribution is 2.45. The van der Waals surface area contributed by atoms with Crippen molar-refractivity contribution in [2.45, 2.75) is 31.8 Å². The van der Waals surface area contributed by atoms with Gasteiger partial charge in [-0.15, -0.1) is 0 Å². The molecule has 0 aromatic heterocycles. The molecule has 0 radical (unpaired) electrons. The van der Waals surface area contributed by atoms with E-state index >= 15 is 0 Å². The summed E-state index contributed by atoms with van der Waals surface area (Å²) in [5.74, 6) is 0.820. The molecule has 0 unspecified atom stereocenters. The fraction of sp³-hybridized carbons (Fsp3) is 0.571. The molecule has 1 heterocycles. The molecular weight excluding hydrogens is 216 g/mol. The van der Waals surface area contributed by atoms with E-state index in [1.54, 1.807) is 7.11 Å². The number of hydrogen-bond acceptors (Lipinski definition) is 3. The summed E-state index contributed by atoms with van der Waals surface area (Å²) in [6.45, 7) is 6.78. The Bertz CT molecular complexity index is 414. The van der Waals surface area contributed by atoms with Crippen LogP contribution >= 0.6 is 0 Å². The fourth-order valence-corrected chi connectivity index (χ4v) is 2.34. The molecular formula is C14H20O3. The van der Waals surface area contributed by atoms with Crippen molar-refractivity contribution < 1.29 is 14.6 Å². The second-order valence-electron chi connectivity index (χ2n) is 5.34. The second-order valence-corrected chi connectivity index (χ2v) is 5.34. The van der Waals surface area contributed by atoms with Gasteiger partial charge in [0.05, 0.1) is 31.3 Å². The molecule has 1 saturated heterocycles. The molecule has 0 amide bonds. The third-order valence-electron chi connectivity index (χ3n) is 3.74. The van der Waals surface area contributed by atoms with Crippen molar-refractivity contribution >= 4 is 0 Å². The SMILES string of the molecule is COc1ccc(C)cc1C1(C(C)(C)O)COC1. The second kappa shape index (κ2) is 4.00. The Morgan fingerprint density at radius 3 is 2.41 bits per heavy atom. The highest BCUT2D eigenvalue weighted by Gasteiger charge is 2.53. The van der Waals surface area contributed by atoms with Crippen molar-refractivity contribution in [1.29, 1.82) is 0 Å². The Morgan fingerprint density at radius 2 is 2.00 bits per heavy atom. The summed E-state index contributed by atoms with van der Waals surface area (Å²) < 4.78 is 10.8.